The SMILES string of the molecule is COc1cc(N)ccc1[C@H]1CCNC(=O)C1. The molecule has 0 aliphatic carbocycles. The molecule has 4 nitrogen and oxygen atoms in total. The highest BCUT2D eigenvalue weighted by Gasteiger charge is 2.23. The van der Waals surface area contributed by atoms with E-state index in [9.17, 15) is 4.79 Å². The van der Waals surface area contributed by atoms with E-state index < -0.39 is 0 Å². The minimum absolute atomic E-state index is 0.107. The number of rotatable bonds is 2. The van der Waals surface area contributed by atoms with Gasteiger partial charge in [0, 0.05) is 24.7 Å². The molecule has 1 saturated heterocycles. The van der Waals surface area contributed by atoms with Crippen molar-refractivity contribution >= 4 is 11.6 Å². The summed E-state index contributed by atoms with van der Waals surface area (Å²) in [5.74, 6) is 1.12. The van der Waals surface area contributed by atoms with E-state index in [1.54, 1.807) is 7.11 Å². The highest BCUT2D eigenvalue weighted by Crippen LogP contribution is 2.33. The first kappa shape index (κ1) is 10.8. The van der Waals surface area contributed by atoms with Crippen molar-refractivity contribution in [2.24, 2.45) is 0 Å². The molecule has 4 heteroatoms. The minimum atomic E-state index is 0.107. The molecule has 1 aromatic rings. The number of carbonyl (C=O) groups is 1. The van der Waals surface area contributed by atoms with Crippen LogP contribution in [0.1, 0.15) is 24.3 Å². The average molecular weight is 220 g/mol. The number of nitrogen functional groups attached to an aromatic ring is 1. The molecule has 86 valence electrons. The van der Waals surface area contributed by atoms with Gasteiger partial charge in [0.25, 0.3) is 0 Å². The second-order valence-electron chi connectivity index (χ2n) is 4.04. The fourth-order valence-electron chi connectivity index (χ4n) is 2.11. The molecule has 3 N–H and O–H groups in total. The van der Waals surface area contributed by atoms with Crippen molar-refractivity contribution in [2.75, 3.05) is 19.4 Å². The van der Waals surface area contributed by atoms with Crippen LogP contribution < -0.4 is 15.8 Å². The zero-order valence-corrected chi connectivity index (χ0v) is 9.32. The Labute approximate surface area is 94.8 Å². The first-order valence-electron chi connectivity index (χ1n) is 5.41. The van der Waals surface area contributed by atoms with Crippen LogP contribution in [0.5, 0.6) is 5.75 Å². The lowest BCUT2D eigenvalue weighted by molar-refractivity contribution is -0.122. The maximum absolute atomic E-state index is 11.3. The number of benzene rings is 1. The van der Waals surface area contributed by atoms with Crippen LogP contribution >= 0.6 is 0 Å². The van der Waals surface area contributed by atoms with Crippen molar-refractivity contribution in [3.05, 3.63) is 23.8 Å². The van der Waals surface area contributed by atoms with E-state index in [0.717, 1.165) is 24.3 Å². The van der Waals surface area contributed by atoms with Crippen molar-refractivity contribution in [3.8, 4) is 5.75 Å². The number of hydrogen-bond donors (Lipinski definition) is 2. The van der Waals surface area contributed by atoms with Crippen molar-refractivity contribution in [3.63, 3.8) is 0 Å². The summed E-state index contributed by atoms with van der Waals surface area (Å²) in [5.41, 5.74) is 7.46. The predicted molar refractivity (Wildman–Crippen MR) is 62.4 cm³/mol. The molecule has 16 heavy (non-hydrogen) atoms. The molecule has 1 aliphatic heterocycles. The molecule has 1 fully saturated rings. The number of hydrogen-bond acceptors (Lipinski definition) is 3. The minimum Gasteiger partial charge on any atom is -0.496 e. The monoisotopic (exact) mass is 220 g/mol. The molecule has 0 radical (unpaired) electrons. The van der Waals surface area contributed by atoms with Gasteiger partial charge in [0.05, 0.1) is 7.11 Å². The smallest absolute Gasteiger partial charge is 0.220 e. The quantitative estimate of drug-likeness (QED) is 0.738. The molecule has 1 aliphatic rings. The summed E-state index contributed by atoms with van der Waals surface area (Å²) in [4.78, 5) is 11.3. The van der Waals surface area contributed by atoms with Gasteiger partial charge in [-0.1, -0.05) is 6.07 Å². The van der Waals surface area contributed by atoms with Crippen LogP contribution in [0.4, 0.5) is 5.69 Å². The number of anilines is 1. The van der Waals surface area contributed by atoms with Crippen LogP contribution in [0.25, 0.3) is 0 Å². The second-order valence-corrected chi connectivity index (χ2v) is 4.04. The van der Waals surface area contributed by atoms with Gasteiger partial charge in [-0.2, -0.15) is 0 Å². The maximum Gasteiger partial charge on any atom is 0.220 e. The zero-order valence-electron chi connectivity index (χ0n) is 9.32. The van der Waals surface area contributed by atoms with Gasteiger partial charge in [-0.3, -0.25) is 4.79 Å². The van der Waals surface area contributed by atoms with Crippen LogP contribution in [0, 0.1) is 0 Å². The van der Waals surface area contributed by atoms with Crippen LogP contribution in [-0.2, 0) is 4.79 Å². The van der Waals surface area contributed by atoms with Crippen molar-refractivity contribution in [2.45, 2.75) is 18.8 Å². The molecule has 1 atom stereocenters. The van der Waals surface area contributed by atoms with Gasteiger partial charge >= 0.3 is 0 Å². The van der Waals surface area contributed by atoms with Gasteiger partial charge in [0.15, 0.2) is 0 Å². The van der Waals surface area contributed by atoms with E-state index in [0.29, 0.717) is 12.1 Å². The van der Waals surface area contributed by atoms with Crippen LogP contribution in [0.3, 0.4) is 0 Å². The molecular weight excluding hydrogens is 204 g/mol. The van der Waals surface area contributed by atoms with E-state index in [2.05, 4.69) is 5.32 Å². The van der Waals surface area contributed by atoms with Gasteiger partial charge in [-0.25, -0.2) is 0 Å². The Morgan fingerprint density at radius 3 is 3.00 bits per heavy atom. The Morgan fingerprint density at radius 2 is 2.31 bits per heavy atom. The third kappa shape index (κ3) is 2.10. The highest BCUT2D eigenvalue weighted by atomic mass is 16.5. The van der Waals surface area contributed by atoms with Crippen LogP contribution in [-0.4, -0.2) is 19.6 Å². The molecule has 0 bridgehead atoms. The van der Waals surface area contributed by atoms with Gasteiger partial charge in [0.2, 0.25) is 5.91 Å². The van der Waals surface area contributed by atoms with E-state index in [-0.39, 0.29) is 11.8 Å². The second kappa shape index (κ2) is 4.43. The van der Waals surface area contributed by atoms with Crippen LogP contribution in [0.15, 0.2) is 18.2 Å². The third-order valence-corrected chi connectivity index (χ3v) is 2.94. The lowest BCUT2D eigenvalue weighted by Crippen LogP contribution is -2.32. The Kier molecular flexibility index (Phi) is 2.99. The predicted octanol–water partition coefficient (Wildman–Crippen LogP) is 1.27. The molecule has 1 heterocycles. The van der Waals surface area contributed by atoms with Crippen LogP contribution in [0.2, 0.25) is 0 Å². The number of nitrogens with two attached hydrogens (primary N) is 1. The summed E-state index contributed by atoms with van der Waals surface area (Å²) in [6, 6.07) is 5.61. The number of carbonyl (C=O) groups excluding carboxylic acids is 1. The number of amides is 1. The summed E-state index contributed by atoms with van der Waals surface area (Å²) >= 11 is 0. The summed E-state index contributed by atoms with van der Waals surface area (Å²) < 4.78 is 5.30. The van der Waals surface area contributed by atoms with E-state index in [1.807, 2.05) is 18.2 Å². The Hall–Kier alpha value is -1.71. The van der Waals surface area contributed by atoms with Gasteiger partial charge < -0.3 is 15.8 Å². The van der Waals surface area contributed by atoms with E-state index in [1.165, 1.54) is 0 Å². The summed E-state index contributed by atoms with van der Waals surface area (Å²) in [6.07, 6.45) is 1.48. The summed E-state index contributed by atoms with van der Waals surface area (Å²) in [6.45, 7) is 0.733. The number of ether oxygens (including phenoxy) is 1. The maximum atomic E-state index is 11.3. The normalized spacial score (nSPS) is 20.3. The summed E-state index contributed by atoms with van der Waals surface area (Å²) in [7, 11) is 1.63. The van der Waals surface area contributed by atoms with Crippen molar-refractivity contribution in [1.29, 1.82) is 0 Å². The van der Waals surface area contributed by atoms with Gasteiger partial charge in [0.1, 0.15) is 5.75 Å². The largest absolute Gasteiger partial charge is 0.496 e. The van der Waals surface area contributed by atoms with E-state index >= 15 is 0 Å². The van der Waals surface area contributed by atoms with Crippen molar-refractivity contribution in [1.82, 2.24) is 5.32 Å². The highest BCUT2D eigenvalue weighted by molar-refractivity contribution is 5.78. The average Bonchev–Trinajstić information content (AvgIpc) is 2.28. The topological polar surface area (TPSA) is 64.3 Å². The molecular formula is C12H16N2O2. The van der Waals surface area contributed by atoms with Crippen molar-refractivity contribution < 1.29 is 9.53 Å². The molecule has 1 amide bonds. The number of nitrogens with one attached hydrogen (secondary N) is 1. The Bertz CT molecular complexity index is 404. The third-order valence-electron chi connectivity index (χ3n) is 2.94. The fraction of sp³-hybridized carbons (Fsp3) is 0.417. The molecule has 0 aromatic heterocycles. The standard InChI is InChI=1S/C12H16N2O2/c1-16-11-7-9(13)2-3-10(11)8-4-5-14-12(15)6-8/h2-3,7-8H,4-6,13H2,1H3,(H,14,15)/t8-/m0/s1. The first-order valence-corrected chi connectivity index (χ1v) is 5.41. The van der Waals surface area contributed by atoms with Gasteiger partial charge in [-0.05, 0) is 24.0 Å². The number of methoxy groups -OCH3 is 1. The zero-order chi connectivity index (χ0) is 11.5. The molecule has 1 aromatic carbocycles. The first-order chi connectivity index (χ1) is 7.70. The summed E-state index contributed by atoms with van der Waals surface area (Å²) in [5, 5.41) is 2.83. The lowest BCUT2D eigenvalue weighted by Gasteiger charge is -2.24. The molecule has 2 rings (SSSR count). The fourth-order valence-corrected chi connectivity index (χ4v) is 2.11. The van der Waals surface area contributed by atoms with E-state index in [4.69, 9.17) is 10.5 Å². The Balaban J connectivity index is 2.28. The molecule has 0 saturated carbocycles. The number of piperidine rings is 1. The molecule has 0 spiro atoms. The van der Waals surface area contributed by atoms with Gasteiger partial charge in [-0.15, -0.1) is 0 Å². The Morgan fingerprint density at radius 1 is 1.50 bits per heavy atom. The molecule has 0 unspecified atom stereocenters. The lowest BCUT2D eigenvalue weighted by atomic mass is 9.89.